The molecule has 122 valence electrons. The Kier molecular flexibility index (Phi) is 5.63. The molecule has 1 heterocycles. The first-order chi connectivity index (χ1) is 9.93. The van der Waals surface area contributed by atoms with Crippen LogP contribution in [0.1, 0.15) is 39.0 Å². The summed E-state index contributed by atoms with van der Waals surface area (Å²) < 4.78 is 5.09. The Bertz CT molecular complexity index is 351. The van der Waals surface area contributed by atoms with Crippen LogP contribution < -0.4 is 0 Å². The number of likely N-dealkylation sites (N-methyl/N-ethyl adjacent to an activating group) is 1. The number of nitrogens with zero attached hydrogens (tertiary/aromatic N) is 2. The van der Waals surface area contributed by atoms with E-state index in [9.17, 15) is 9.90 Å². The van der Waals surface area contributed by atoms with Crippen molar-refractivity contribution in [3.8, 4) is 0 Å². The van der Waals surface area contributed by atoms with Crippen LogP contribution in [0.2, 0.25) is 0 Å². The van der Waals surface area contributed by atoms with Crippen LogP contribution in [-0.4, -0.2) is 72.9 Å². The average Bonchev–Trinajstić information content (AvgIpc) is 2.88. The topological polar surface area (TPSA) is 53.0 Å². The molecule has 2 fully saturated rings. The van der Waals surface area contributed by atoms with Gasteiger partial charge in [0.1, 0.15) is 0 Å². The molecule has 2 rings (SSSR count). The molecule has 1 atom stereocenters. The summed E-state index contributed by atoms with van der Waals surface area (Å²) in [5.74, 6) is -0.105. The number of hydrogen-bond donors (Lipinski definition) is 1. The third-order valence-electron chi connectivity index (χ3n) is 5.03. The predicted molar refractivity (Wildman–Crippen MR) is 82.1 cm³/mol. The highest BCUT2D eigenvalue weighted by Gasteiger charge is 2.39. The standard InChI is InChI=1S/C16H30N2O3/c1-4-21-15(19)13-5-8-16(20,9-6-13)12-18-10-7-14(11-18)17(2)3/h13-14,20H,4-12H2,1-3H3. The molecule has 5 nitrogen and oxygen atoms in total. The zero-order valence-electron chi connectivity index (χ0n) is 13.7. The van der Waals surface area contributed by atoms with Crippen LogP contribution in [0.5, 0.6) is 0 Å². The minimum Gasteiger partial charge on any atom is -0.466 e. The maximum atomic E-state index is 11.8. The number of aliphatic hydroxyl groups is 1. The fourth-order valence-electron chi connectivity index (χ4n) is 3.60. The number of carbonyl (C=O) groups is 1. The molecule has 1 N–H and O–H groups in total. The molecule has 0 bridgehead atoms. The van der Waals surface area contributed by atoms with Gasteiger partial charge in [-0.2, -0.15) is 0 Å². The van der Waals surface area contributed by atoms with Crippen LogP contribution in [-0.2, 0) is 9.53 Å². The molecule has 5 heteroatoms. The molecule has 1 aliphatic heterocycles. The van der Waals surface area contributed by atoms with Crippen molar-refractivity contribution in [3.63, 3.8) is 0 Å². The number of esters is 1. The van der Waals surface area contributed by atoms with E-state index in [2.05, 4.69) is 23.9 Å². The van der Waals surface area contributed by atoms with Gasteiger partial charge >= 0.3 is 5.97 Å². The van der Waals surface area contributed by atoms with Crippen molar-refractivity contribution in [1.29, 1.82) is 0 Å². The summed E-state index contributed by atoms with van der Waals surface area (Å²) in [5, 5.41) is 10.8. The lowest BCUT2D eigenvalue weighted by Gasteiger charge is -2.38. The number of ether oxygens (including phenoxy) is 1. The second kappa shape index (κ2) is 7.07. The van der Waals surface area contributed by atoms with Crippen LogP contribution >= 0.6 is 0 Å². The first-order valence-corrected chi connectivity index (χ1v) is 8.21. The average molecular weight is 298 g/mol. The van der Waals surface area contributed by atoms with Crippen molar-refractivity contribution in [3.05, 3.63) is 0 Å². The smallest absolute Gasteiger partial charge is 0.308 e. The maximum Gasteiger partial charge on any atom is 0.308 e. The van der Waals surface area contributed by atoms with Gasteiger partial charge in [0.05, 0.1) is 18.1 Å². The summed E-state index contributed by atoms with van der Waals surface area (Å²) >= 11 is 0. The molecule has 0 aromatic carbocycles. The summed E-state index contributed by atoms with van der Waals surface area (Å²) in [5.41, 5.74) is -0.621. The van der Waals surface area contributed by atoms with Crippen LogP contribution in [0.3, 0.4) is 0 Å². The van der Waals surface area contributed by atoms with Gasteiger partial charge in [0.25, 0.3) is 0 Å². The predicted octanol–water partition coefficient (Wildman–Crippen LogP) is 1.11. The zero-order chi connectivity index (χ0) is 15.5. The molecule has 0 aromatic rings. The highest BCUT2D eigenvalue weighted by molar-refractivity contribution is 5.72. The Labute approximate surface area is 128 Å². The van der Waals surface area contributed by atoms with Crippen molar-refractivity contribution >= 4 is 5.97 Å². The van der Waals surface area contributed by atoms with Gasteiger partial charge in [0.2, 0.25) is 0 Å². The van der Waals surface area contributed by atoms with Gasteiger partial charge in [-0.1, -0.05) is 0 Å². The van der Waals surface area contributed by atoms with Crippen LogP contribution in [0.15, 0.2) is 0 Å². The number of β-amino-alcohol motifs (C(OH)–C–C–N with tert-alkyl or cyclic N) is 1. The molecule has 0 aromatic heterocycles. The Morgan fingerprint density at radius 1 is 1.33 bits per heavy atom. The van der Waals surface area contributed by atoms with E-state index in [0.717, 1.165) is 32.5 Å². The van der Waals surface area contributed by atoms with Gasteiger partial charge in [-0.05, 0) is 59.7 Å². The van der Waals surface area contributed by atoms with Gasteiger partial charge < -0.3 is 14.7 Å². The Hall–Kier alpha value is -0.650. The van der Waals surface area contributed by atoms with Crippen LogP contribution in [0.25, 0.3) is 0 Å². The Balaban J connectivity index is 1.79. The molecule has 21 heavy (non-hydrogen) atoms. The Morgan fingerprint density at radius 3 is 2.52 bits per heavy atom. The molecule has 0 radical (unpaired) electrons. The lowest BCUT2D eigenvalue weighted by atomic mass is 9.78. The quantitative estimate of drug-likeness (QED) is 0.771. The second-order valence-electron chi connectivity index (χ2n) is 6.89. The van der Waals surface area contributed by atoms with Crippen molar-refractivity contribution in [2.75, 3.05) is 40.3 Å². The Morgan fingerprint density at radius 2 is 2.00 bits per heavy atom. The summed E-state index contributed by atoms with van der Waals surface area (Å²) in [6.07, 6.45) is 4.09. The molecule has 1 saturated heterocycles. The lowest BCUT2D eigenvalue weighted by Crippen LogP contribution is -2.46. The highest BCUT2D eigenvalue weighted by Crippen LogP contribution is 2.34. The third-order valence-corrected chi connectivity index (χ3v) is 5.03. The van der Waals surface area contributed by atoms with Gasteiger partial charge in [-0.25, -0.2) is 0 Å². The largest absolute Gasteiger partial charge is 0.466 e. The fraction of sp³-hybridized carbons (Fsp3) is 0.938. The second-order valence-corrected chi connectivity index (χ2v) is 6.89. The maximum absolute atomic E-state index is 11.8. The molecular formula is C16H30N2O3. The van der Waals surface area contributed by atoms with Gasteiger partial charge in [0.15, 0.2) is 0 Å². The number of hydrogen-bond acceptors (Lipinski definition) is 5. The van der Waals surface area contributed by atoms with E-state index in [-0.39, 0.29) is 11.9 Å². The number of carbonyl (C=O) groups excluding carboxylic acids is 1. The molecule has 0 amide bonds. The van der Waals surface area contributed by atoms with E-state index < -0.39 is 5.60 Å². The molecular weight excluding hydrogens is 268 g/mol. The van der Waals surface area contributed by atoms with Crippen molar-refractivity contribution in [1.82, 2.24) is 9.80 Å². The van der Waals surface area contributed by atoms with E-state index in [1.807, 2.05) is 6.92 Å². The van der Waals surface area contributed by atoms with Crippen molar-refractivity contribution < 1.29 is 14.6 Å². The van der Waals surface area contributed by atoms with Gasteiger partial charge in [0, 0.05) is 19.1 Å². The third kappa shape index (κ3) is 4.41. The molecule has 1 saturated carbocycles. The first-order valence-electron chi connectivity index (χ1n) is 8.21. The summed E-state index contributed by atoms with van der Waals surface area (Å²) in [4.78, 5) is 16.4. The SMILES string of the molecule is CCOC(=O)C1CCC(O)(CN2CCC(N(C)C)C2)CC1. The van der Waals surface area contributed by atoms with E-state index >= 15 is 0 Å². The fourth-order valence-corrected chi connectivity index (χ4v) is 3.60. The summed E-state index contributed by atoms with van der Waals surface area (Å²) in [6.45, 7) is 5.13. The minimum absolute atomic E-state index is 0.0154. The van der Waals surface area contributed by atoms with E-state index in [1.165, 1.54) is 6.42 Å². The normalized spacial score (nSPS) is 34.3. The zero-order valence-corrected chi connectivity index (χ0v) is 13.7. The van der Waals surface area contributed by atoms with Gasteiger partial charge in [-0.15, -0.1) is 0 Å². The minimum atomic E-state index is -0.621. The summed E-state index contributed by atoms with van der Waals surface area (Å²) in [6, 6.07) is 0.601. The van der Waals surface area contributed by atoms with Gasteiger partial charge in [-0.3, -0.25) is 9.69 Å². The van der Waals surface area contributed by atoms with Crippen molar-refractivity contribution in [2.24, 2.45) is 5.92 Å². The molecule has 1 aliphatic carbocycles. The molecule has 0 spiro atoms. The van der Waals surface area contributed by atoms with Crippen LogP contribution in [0.4, 0.5) is 0 Å². The molecule has 2 aliphatic rings. The molecule has 1 unspecified atom stereocenters. The summed E-state index contributed by atoms with van der Waals surface area (Å²) in [7, 11) is 4.24. The van der Waals surface area contributed by atoms with Crippen molar-refractivity contribution in [2.45, 2.75) is 50.7 Å². The van der Waals surface area contributed by atoms with Crippen LogP contribution in [0, 0.1) is 5.92 Å². The van der Waals surface area contributed by atoms with E-state index in [4.69, 9.17) is 4.74 Å². The first kappa shape index (κ1) is 16.7. The lowest BCUT2D eigenvalue weighted by molar-refractivity contribution is -0.151. The van der Waals surface area contributed by atoms with E-state index in [0.29, 0.717) is 25.5 Å². The number of likely N-dealkylation sites (tertiary alicyclic amines) is 1. The number of rotatable bonds is 5. The highest BCUT2D eigenvalue weighted by atomic mass is 16.5. The monoisotopic (exact) mass is 298 g/mol. The van der Waals surface area contributed by atoms with E-state index in [1.54, 1.807) is 0 Å².